The predicted octanol–water partition coefficient (Wildman–Crippen LogP) is 2.14. The summed E-state index contributed by atoms with van der Waals surface area (Å²) in [6, 6.07) is 0.579. The molecule has 0 aromatic carbocycles. The molecule has 0 bridgehead atoms. The lowest BCUT2D eigenvalue weighted by Crippen LogP contribution is -2.25. The van der Waals surface area contributed by atoms with E-state index in [0.29, 0.717) is 6.04 Å². The van der Waals surface area contributed by atoms with E-state index in [1.54, 1.807) is 6.33 Å². The highest BCUT2D eigenvalue weighted by Gasteiger charge is 2.00. The first-order chi connectivity index (χ1) is 6.83. The molecule has 0 aliphatic rings. The minimum absolute atomic E-state index is 0.579. The first-order valence-corrected chi connectivity index (χ1v) is 5.30. The quantitative estimate of drug-likeness (QED) is 0.752. The van der Waals surface area contributed by atoms with Gasteiger partial charge in [-0.25, -0.2) is 9.97 Å². The van der Waals surface area contributed by atoms with Gasteiger partial charge >= 0.3 is 0 Å². The van der Waals surface area contributed by atoms with Crippen LogP contribution in [0.5, 0.6) is 0 Å². The molecule has 1 aromatic rings. The third-order valence-corrected chi connectivity index (χ3v) is 2.26. The number of aromatic nitrogens is 2. The lowest BCUT2D eigenvalue weighted by atomic mass is 10.1. The van der Waals surface area contributed by atoms with Gasteiger partial charge in [-0.2, -0.15) is 0 Å². The van der Waals surface area contributed by atoms with Crippen molar-refractivity contribution in [2.45, 2.75) is 45.7 Å². The molecule has 78 valence electrons. The van der Waals surface area contributed by atoms with Crippen LogP contribution < -0.4 is 5.32 Å². The van der Waals surface area contributed by atoms with Gasteiger partial charge in [-0.3, -0.25) is 0 Å². The van der Waals surface area contributed by atoms with Gasteiger partial charge in [-0.15, -0.1) is 0 Å². The van der Waals surface area contributed by atoms with E-state index in [1.807, 2.05) is 12.4 Å². The van der Waals surface area contributed by atoms with Crippen LogP contribution in [0.4, 0.5) is 0 Å². The lowest BCUT2D eigenvalue weighted by Gasteiger charge is -2.12. The van der Waals surface area contributed by atoms with Gasteiger partial charge in [0.2, 0.25) is 0 Å². The fraction of sp³-hybridized carbons (Fsp3) is 0.636. The van der Waals surface area contributed by atoms with E-state index >= 15 is 0 Å². The normalized spacial score (nSPS) is 12.7. The summed E-state index contributed by atoms with van der Waals surface area (Å²) < 4.78 is 0. The van der Waals surface area contributed by atoms with Crippen molar-refractivity contribution in [3.63, 3.8) is 0 Å². The van der Waals surface area contributed by atoms with Crippen LogP contribution in [-0.2, 0) is 6.54 Å². The summed E-state index contributed by atoms with van der Waals surface area (Å²) in [7, 11) is 0. The van der Waals surface area contributed by atoms with Gasteiger partial charge in [0.05, 0.1) is 0 Å². The smallest absolute Gasteiger partial charge is 0.115 e. The zero-order valence-electron chi connectivity index (χ0n) is 9.03. The van der Waals surface area contributed by atoms with Gasteiger partial charge in [-0.1, -0.05) is 19.8 Å². The van der Waals surface area contributed by atoms with Crippen LogP contribution in [0.1, 0.15) is 38.7 Å². The fourth-order valence-electron chi connectivity index (χ4n) is 1.33. The molecule has 0 aliphatic heterocycles. The predicted molar refractivity (Wildman–Crippen MR) is 57.9 cm³/mol. The Bertz CT molecular complexity index is 236. The van der Waals surface area contributed by atoms with E-state index in [1.165, 1.54) is 19.3 Å². The summed E-state index contributed by atoms with van der Waals surface area (Å²) in [5.74, 6) is 0. The first-order valence-electron chi connectivity index (χ1n) is 5.30. The first kappa shape index (κ1) is 11.1. The zero-order chi connectivity index (χ0) is 10.2. The molecule has 0 saturated carbocycles. The molecule has 0 radical (unpaired) electrons. The Morgan fingerprint density at radius 3 is 2.71 bits per heavy atom. The Hall–Kier alpha value is -0.960. The number of unbranched alkanes of at least 4 members (excludes halogenated alkanes) is 1. The van der Waals surface area contributed by atoms with Gasteiger partial charge in [0.25, 0.3) is 0 Å². The second-order valence-electron chi connectivity index (χ2n) is 3.67. The number of nitrogens with zero attached hydrogens (tertiary/aromatic N) is 2. The van der Waals surface area contributed by atoms with Crippen molar-refractivity contribution in [2.75, 3.05) is 0 Å². The highest BCUT2D eigenvalue weighted by molar-refractivity contribution is 5.01. The third-order valence-electron chi connectivity index (χ3n) is 2.26. The largest absolute Gasteiger partial charge is 0.310 e. The monoisotopic (exact) mass is 193 g/mol. The third kappa shape index (κ3) is 4.33. The summed E-state index contributed by atoms with van der Waals surface area (Å²) in [6.45, 7) is 5.31. The average molecular weight is 193 g/mol. The Morgan fingerprint density at radius 1 is 1.36 bits per heavy atom. The zero-order valence-corrected chi connectivity index (χ0v) is 9.03. The number of hydrogen-bond acceptors (Lipinski definition) is 3. The van der Waals surface area contributed by atoms with Crippen LogP contribution >= 0.6 is 0 Å². The van der Waals surface area contributed by atoms with Crippen molar-refractivity contribution in [3.8, 4) is 0 Å². The molecule has 0 saturated heterocycles. The van der Waals surface area contributed by atoms with E-state index in [-0.39, 0.29) is 0 Å². The minimum atomic E-state index is 0.579. The molecular formula is C11H19N3. The number of nitrogens with one attached hydrogen (secondary N) is 1. The highest BCUT2D eigenvalue weighted by atomic mass is 14.9. The molecule has 0 fully saturated rings. The second kappa shape index (κ2) is 6.49. The molecule has 1 rings (SSSR count). The van der Waals surface area contributed by atoms with Gasteiger partial charge in [0, 0.05) is 30.5 Å². The molecule has 14 heavy (non-hydrogen) atoms. The molecule has 1 heterocycles. The van der Waals surface area contributed by atoms with Crippen LogP contribution in [-0.4, -0.2) is 16.0 Å². The molecular weight excluding hydrogens is 174 g/mol. The summed E-state index contributed by atoms with van der Waals surface area (Å²) in [4.78, 5) is 7.95. The molecule has 0 aliphatic carbocycles. The second-order valence-corrected chi connectivity index (χ2v) is 3.67. The van der Waals surface area contributed by atoms with Crippen LogP contribution in [0.3, 0.4) is 0 Å². The van der Waals surface area contributed by atoms with Crippen LogP contribution in [0.25, 0.3) is 0 Å². The molecule has 1 unspecified atom stereocenters. The van der Waals surface area contributed by atoms with E-state index in [4.69, 9.17) is 0 Å². The standard InChI is InChI=1S/C11H19N3/c1-3-4-5-10(2)14-8-11-6-12-9-13-7-11/h6-7,9-10,14H,3-5,8H2,1-2H3. The molecule has 1 atom stereocenters. The van der Waals surface area contributed by atoms with Gasteiger partial charge < -0.3 is 5.32 Å². The van der Waals surface area contributed by atoms with E-state index in [0.717, 1.165) is 12.1 Å². The molecule has 1 aromatic heterocycles. The van der Waals surface area contributed by atoms with Crippen molar-refractivity contribution in [2.24, 2.45) is 0 Å². The number of hydrogen-bond donors (Lipinski definition) is 1. The maximum absolute atomic E-state index is 3.97. The van der Waals surface area contributed by atoms with Crippen molar-refractivity contribution in [1.82, 2.24) is 15.3 Å². The maximum Gasteiger partial charge on any atom is 0.115 e. The Balaban J connectivity index is 2.20. The van der Waals surface area contributed by atoms with E-state index in [9.17, 15) is 0 Å². The Kier molecular flexibility index (Phi) is 5.15. The van der Waals surface area contributed by atoms with Gasteiger partial charge in [0.1, 0.15) is 6.33 Å². The van der Waals surface area contributed by atoms with Crippen LogP contribution in [0.15, 0.2) is 18.7 Å². The number of rotatable bonds is 6. The summed E-state index contributed by atoms with van der Waals surface area (Å²) >= 11 is 0. The molecule has 0 spiro atoms. The summed E-state index contributed by atoms with van der Waals surface area (Å²) in [5.41, 5.74) is 1.15. The van der Waals surface area contributed by atoms with E-state index in [2.05, 4.69) is 29.1 Å². The lowest BCUT2D eigenvalue weighted by molar-refractivity contribution is 0.494. The van der Waals surface area contributed by atoms with Crippen LogP contribution in [0.2, 0.25) is 0 Å². The maximum atomic E-state index is 3.97. The van der Waals surface area contributed by atoms with Gasteiger partial charge in [0.15, 0.2) is 0 Å². The minimum Gasteiger partial charge on any atom is -0.310 e. The molecule has 1 N–H and O–H groups in total. The Morgan fingerprint density at radius 2 is 2.07 bits per heavy atom. The summed E-state index contributed by atoms with van der Waals surface area (Å²) in [5, 5.41) is 3.45. The highest BCUT2D eigenvalue weighted by Crippen LogP contribution is 2.01. The fourth-order valence-corrected chi connectivity index (χ4v) is 1.33. The topological polar surface area (TPSA) is 37.8 Å². The van der Waals surface area contributed by atoms with Crippen LogP contribution in [0, 0.1) is 0 Å². The Labute approximate surface area is 86.0 Å². The average Bonchev–Trinajstić information content (AvgIpc) is 2.25. The summed E-state index contributed by atoms with van der Waals surface area (Å²) in [6.07, 6.45) is 9.06. The SMILES string of the molecule is CCCCC(C)NCc1cncnc1. The van der Waals surface area contributed by atoms with Gasteiger partial charge in [-0.05, 0) is 13.3 Å². The van der Waals surface area contributed by atoms with Crippen molar-refractivity contribution < 1.29 is 0 Å². The van der Waals surface area contributed by atoms with Crippen molar-refractivity contribution >= 4 is 0 Å². The molecule has 0 amide bonds. The van der Waals surface area contributed by atoms with E-state index < -0.39 is 0 Å². The molecule has 3 nitrogen and oxygen atoms in total. The van der Waals surface area contributed by atoms with Crippen molar-refractivity contribution in [1.29, 1.82) is 0 Å². The molecule has 3 heteroatoms. The van der Waals surface area contributed by atoms with Crippen molar-refractivity contribution in [3.05, 3.63) is 24.3 Å².